The first-order chi connectivity index (χ1) is 12.6. The fourth-order valence-electron chi connectivity index (χ4n) is 3.05. The summed E-state index contributed by atoms with van der Waals surface area (Å²) in [4.78, 5) is 34.4. The van der Waals surface area contributed by atoms with Gasteiger partial charge < -0.3 is 25.6 Å². The van der Waals surface area contributed by atoms with Crippen molar-refractivity contribution in [3.8, 4) is 0 Å². The molecule has 9 nitrogen and oxygen atoms in total. The standard InChI is InChI=1S/C17H26N6O3/c1-12-10-14(23-6-8-26-9-7-23)22-17(21-12)19-5-4-18-16(25)13-2-3-15(24)20-11-13/h10,13H,2-9,11H2,1H3,(H,18,25)(H,20,24)(H,19,21,22). The topological polar surface area (TPSA) is 108 Å². The van der Waals surface area contributed by atoms with Gasteiger partial charge in [0.1, 0.15) is 5.82 Å². The molecule has 2 saturated heterocycles. The van der Waals surface area contributed by atoms with Gasteiger partial charge in [-0.15, -0.1) is 0 Å². The predicted octanol–water partition coefficient (Wildman–Crippen LogP) is -0.324. The Labute approximate surface area is 152 Å². The summed E-state index contributed by atoms with van der Waals surface area (Å²) in [6.45, 7) is 6.44. The van der Waals surface area contributed by atoms with Crippen LogP contribution >= 0.6 is 0 Å². The van der Waals surface area contributed by atoms with Crippen molar-refractivity contribution in [3.05, 3.63) is 11.8 Å². The van der Waals surface area contributed by atoms with Gasteiger partial charge in [0.05, 0.1) is 19.1 Å². The lowest BCUT2D eigenvalue weighted by atomic mass is 9.98. The second-order valence-corrected chi connectivity index (χ2v) is 6.55. The van der Waals surface area contributed by atoms with Gasteiger partial charge in [-0.25, -0.2) is 4.98 Å². The summed E-state index contributed by atoms with van der Waals surface area (Å²) < 4.78 is 5.38. The molecule has 2 fully saturated rings. The van der Waals surface area contributed by atoms with Crippen molar-refractivity contribution in [3.63, 3.8) is 0 Å². The first-order valence-corrected chi connectivity index (χ1v) is 9.08. The number of nitrogens with one attached hydrogen (secondary N) is 3. The Kier molecular flexibility index (Phi) is 6.21. The van der Waals surface area contributed by atoms with Crippen molar-refractivity contribution in [2.24, 2.45) is 5.92 Å². The van der Waals surface area contributed by atoms with E-state index in [0.717, 1.165) is 24.6 Å². The predicted molar refractivity (Wildman–Crippen MR) is 97.0 cm³/mol. The molecule has 1 aromatic rings. The minimum Gasteiger partial charge on any atom is -0.378 e. The van der Waals surface area contributed by atoms with E-state index in [9.17, 15) is 9.59 Å². The molecule has 26 heavy (non-hydrogen) atoms. The summed E-state index contributed by atoms with van der Waals surface area (Å²) in [6, 6.07) is 1.97. The summed E-state index contributed by atoms with van der Waals surface area (Å²) in [5, 5.41) is 8.78. The lowest BCUT2D eigenvalue weighted by Crippen LogP contribution is -2.43. The molecule has 0 radical (unpaired) electrons. The number of nitrogens with zero attached hydrogens (tertiary/aromatic N) is 3. The molecule has 0 aliphatic carbocycles. The van der Waals surface area contributed by atoms with E-state index in [1.165, 1.54) is 0 Å². The quantitative estimate of drug-likeness (QED) is 0.595. The molecule has 0 spiro atoms. The minimum absolute atomic E-state index is 0.0170. The first kappa shape index (κ1) is 18.4. The lowest BCUT2D eigenvalue weighted by molar-refractivity contribution is -0.128. The average Bonchev–Trinajstić information content (AvgIpc) is 2.66. The number of carbonyl (C=O) groups excluding carboxylic acids is 2. The van der Waals surface area contributed by atoms with Crippen LogP contribution < -0.4 is 20.9 Å². The van der Waals surface area contributed by atoms with Gasteiger partial charge >= 0.3 is 0 Å². The van der Waals surface area contributed by atoms with Gasteiger partial charge in [0.25, 0.3) is 0 Å². The molecule has 3 heterocycles. The number of amides is 2. The summed E-state index contributed by atoms with van der Waals surface area (Å²) in [5.74, 6) is 1.31. The SMILES string of the molecule is Cc1cc(N2CCOCC2)nc(NCCNC(=O)C2CCC(=O)NC2)n1. The Balaban J connectivity index is 1.45. The van der Waals surface area contributed by atoms with Gasteiger partial charge in [-0.05, 0) is 13.3 Å². The number of hydrogen-bond acceptors (Lipinski definition) is 7. The molecule has 0 aromatic carbocycles. The maximum atomic E-state index is 12.1. The maximum Gasteiger partial charge on any atom is 0.224 e. The van der Waals surface area contributed by atoms with Gasteiger partial charge in [-0.3, -0.25) is 9.59 Å². The second kappa shape index (κ2) is 8.79. The molecule has 2 amide bonds. The van der Waals surface area contributed by atoms with Crippen LogP contribution in [0.4, 0.5) is 11.8 Å². The number of ether oxygens (including phenoxy) is 1. The number of aryl methyl sites for hydroxylation is 1. The Bertz CT molecular complexity index is 637. The number of piperidine rings is 1. The Hall–Kier alpha value is -2.42. The summed E-state index contributed by atoms with van der Waals surface area (Å²) in [5.41, 5.74) is 0.894. The molecule has 142 valence electrons. The number of carbonyl (C=O) groups is 2. The zero-order chi connectivity index (χ0) is 18.4. The molecule has 0 saturated carbocycles. The Morgan fingerprint density at radius 1 is 1.35 bits per heavy atom. The lowest BCUT2D eigenvalue weighted by Gasteiger charge is -2.28. The third kappa shape index (κ3) is 5.04. The molecule has 1 unspecified atom stereocenters. The number of aromatic nitrogens is 2. The van der Waals surface area contributed by atoms with Crippen molar-refractivity contribution in [1.82, 2.24) is 20.6 Å². The fraction of sp³-hybridized carbons (Fsp3) is 0.647. The van der Waals surface area contributed by atoms with Crippen molar-refractivity contribution >= 4 is 23.6 Å². The van der Waals surface area contributed by atoms with Crippen LogP contribution in [-0.2, 0) is 14.3 Å². The third-order valence-electron chi connectivity index (χ3n) is 4.52. The van der Waals surface area contributed by atoms with Crippen molar-refractivity contribution in [1.29, 1.82) is 0 Å². The molecular formula is C17H26N6O3. The molecule has 1 aromatic heterocycles. The molecule has 1 atom stereocenters. The smallest absolute Gasteiger partial charge is 0.224 e. The van der Waals surface area contributed by atoms with Crippen LogP contribution in [0, 0.1) is 12.8 Å². The molecular weight excluding hydrogens is 336 g/mol. The highest BCUT2D eigenvalue weighted by Gasteiger charge is 2.23. The zero-order valence-corrected chi connectivity index (χ0v) is 15.1. The van der Waals surface area contributed by atoms with E-state index in [1.54, 1.807) is 0 Å². The third-order valence-corrected chi connectivity index (χ3v) is 4.52. The van der Waals surface area contributed by atoms with E-state index in [0.29, 0.717) is 51.6 Å². The highest BCUT2D eigenvalue weighted by Crippen LogP contribution is 2.16. The van der Waals surface area contributed by atoms with Crippen LogP contribution in [0.2, 0.25) is 0 Å². The van der Waals surface area contributed by atoms with Crippen LogP contribution in [0.5, 0.6) is 0 Å². The highest BCUT2D eigenvalue weighted by molar-refractivity contribution is 5.83. The molecule has 2 aliphatic rings. The van der Waals surface area contributed by atoms with Gasteiger partial charge in [-0.2, -0.15) is 4.98 Å². The van der Waals surface area contributed by atoms with Gasteiger partial charge in [0.2, 0.25) is 17.8 Å². The van der Waals surface area contributed by atoms with E-state index >= 15 is 0 Å². The number of anilines is 2. The number of morpholine rings is 1. The Morgan fingerprint density at radius 3 is 2.88 bits per heavy atom. The van der Waals surface area contributed by atoms with Crippen LogP contribution in [-0.4, -0.2) is 67.7 Å². The van der Waals surface area contributed by atoms with Crippen LogP contribution in [0.25, 0.3) is 0 Å². The second-order valence-electron chi connectivity index (χ2n) is 6.55. The maximum absolute atomic E-state index is 12.1. The van der Waals surface area contributed by atoms with Gasteiger partial charge in [0.15, 0.2) is 0 Å². The molecule has 0 bridgehead atoms. The summed E-state index contributed by atoms with van der Waals surface area (Å²) in [6.07, 6.45) is 1.02. The number of hydrogen-bond donors (Lipinski definition) is 3. The molecule has 3 N–H and O–H groups in total. The largest absolute Gasteiger partial charge is 0.378 e. The van der Waals surface area contributed by atoms with E-state index in [2.05, 4.69) is 30.8 Å². The summed E-state index contributed by atoms with van der Waals surface area (Å²) >= 11 is 0. The van der Waals surface area contributed by atoms with Gasteiger partial charge in [0, 0.05) is 50.9 Å². The van der Waals surface area contributed by atoms with E-state index in [4.69, 9.17) is 4.74 Å². The first-order valence-electron chi connectivity index (χ1n) is 9.08. The van der Waals surface area contributed by atoms with Crippen molar-refractivity contribution < 1.29 is 14.3 Å². The van der Waals surface area contributed by atoms with Gasteiger partial charge in [-0.1, -0.05) is 0 Å². The fourth-order valence-corrected chi connectivity index (χ4v) is 3.05. The van der Waals surface area contributed by atoms with E-state index in [-0.39, 0.29) is 17.7 Å². The van der Waals surface area contributed by atoms with Crippen LogP contribution in [0.15, 0.2) is 6.07 Å². The minimum atomic E-state index is -0.143. The van der Waals surface area contributed by atoms with Crippen LogP contribution in [0.3, 0.4) is 0 Å². The molecule has 2 aliphatic heterocycles. The normalized spacial score (nSPS) is 20.4. The van der Waals surface area contributed by atoms with Crippen molar-refractivity contribution in [2.45, 2.75) is 19.8 Å². The Morgan fingerprint density at radius 2 is 2.15 bits per heavy atom. The summed E-state index contributed by atoms with van der Waals surface area (Å²) in [7, 11) is 0. The van der Waals surface area contributed by atoms with Crippen LogP contribution in [0.1, 0.15) is 18.5 Å². The number of rotatable bonds is 6. The average molecular weight is 362 g/mol. The van der Waals surface area contributed by atoms with E-state index < -0.39 is 0 Å². The zero-order valence-electron chi connectivity index (χ0n) is 15.1. The van der Waals surface area contributed by atoms with Crippen molar-refractivity contribution in [2.75, 3.05) is 56.2 Å². The molecule has 3 rings (SSSR count). The monoisotopic (exact) mass is 362 g/mol. The van der Waals surface area contributed by atoms with E-state index in [1.807, 2.05) is 13.0 Å². The highest BCUT2D eigenvalue weighted by atomic mass is 16.5. The molecule has 9 heteroatoms.